The van der Waals surface area contributed by atoms with E-state index >= 15 is 0 Å². The maximum Gasteiger partial charge on any atom is 0.306 e. The number of carbonyl (C=O) groups excluding carboxylic acids is 1. The molecule has 1 atom stereocenters. The highest BCUT2D eigenvalue weighted by atomic mass is 16.5. The molecule has 0 aromatic rings. The van der Waals surface area contributed by atoms with Crippen LogP contribution in [0.15, 0.2) is 24.3 Å². The van der Waals surface area contributed by atoms with Gasteiger partial charge in [-0.25, -0.2) is 0 Å². The van der Waals surface area contributed by atoms with Crippen LogP contribution in [0.1, 0.15) is 213 Å². The molecule has 0 aliphatic carbocycles. The first-order chi connectivity index (χ1) is 21.6. The Labute approximate surface area is 274 Å². The predicted octanol–water partition coefficient (Wildman–Crippen LogP) is 13.2. The molecule has 0 aromatic carbocycles. The van der Waals surface area contributed by atoms with Crippen LogP contribution >= 0.6 is 0 Å². The van der Waals surface area contributed by atoms with Crippen molar-refractivity contribution in [2.24, 2.45) is 0 Å². The number of esters is 1. The van der Waals surface area contributed by atoms with E-state index in [-0.39, 0.29) is 18.5 Å². The maximum atomic E-state index is 12.5. The molecule has 0 saturated carbocycles. The van der Waals surface area contributed by atoms with Crippen LogP contribution in [0.25, 0.3) is 0 Å². The molecule has 0 heterocycles. The summed E-state index contributed by atoms with van der Waals surface area (Å²) in [6.45, 7) is 4.50. The highest BCUT2D eigenvalue weighted by molar-refractivity contribution is 5.69. The van der Waals surface area contributed by atoms with Crippen LogP contribution < -0.4 is 0 Å². The van der Waals surface area contributed by atoms with Gasteiger partial charge in [0.05, 0.1) is 0 Å². The van der Waals surface area contributed by atoms with Crippen LogP contribution in [0.3, 0.4) is 0 Å². The average Bonchev–Trinajstić information content (AvgIpc) is 3.01. The number of ether oxygens (including phenoxy) is 1. The number of carboxylic acid groups (broad SMARTS) is 1. The van der Waals surface area contributed by atoms with Crippen molar-refractivity contribution in [3.8, 4) is 0 Å². The minimum absolute atomic E-state index is 0.0167. The first-order valence-corrected chi connectivity index (χ1v) is 19.3. The standard InChI is InChI=1S/C40H74O4/c1-3-5-7-9-11-12-13-14-15-16-17-18-19-20-21-22-23-24-25-27-33-37-40(43)44-38(34-30-26-10-8-6-4-2)35-31-28-29-32-36-39(41)42/h11-12,14-15,38H,3-10,13,16-37H2,1-2H3,(H,41,42)/b12-11-,15-14-. The lowest BCUT2D eigenvalue weighted by Gasteiger charge is -2.18. The van der Waals surface area contributed by atoms with E-state index in [1.165, 1.54) is 122 Å². The van der Waals surface area contributed by atoms with Gasteiger partial charge in [0.2, 0.25) is 0 Å². The molecular formula is C40H74O4. The maximum absolute atomic E-state index is 12.5. The Morgan fingerprint density at radius 1 is 0.500 bits per heavy atom. The van der Waals surface area contributed by atoms with Gasteiger partial charge in [-0.1, -0.05) is 154 Å². The summed E-state index contributed by atoms with van der Waals surface area (Å²) in [5.41, 5.74) is 0. The SMILES string of the molecule is CCCCC/C=C\C/C=C\CCCCCCCCCCCCCC(=O)OC(CCCCCCCC)CCCCCCC(=O)O. The molecule has 0 bridgehead atoms. The van der Waals surface area contributed by atoms with E-state index < -0.39 is 5.97 Å². The molecule has 0 fully saturated rings. The predicted molar refractivity (Wildman–Crippen MR) is 190 cm³/mol. The molecule has 0 spiro atoms. The van der Waals surface area contributed by atoms with Gasteiger partial charge in [-0.2, -0.15) is 0 Å². The van der Waals surface area contributed by atoms with Crippen LogP contribution in [-0.4, -0.2) is 23.1 Å². The van der Waals surface area contributed by atoms with E-state index in [9.17, 15) is 9.59 Å². The normalized spacial score (nSPS) is 12.4. The Morgan fingerprint density at radius 3 is 1.39 bits per heavy atom. The number of hydrogen-bond donors (Lipinski definition) is 1. The van der Waals surface area contributed by atoms with E-state index in [0.717, 1.165) is 64.2 Å². The summed E-state index contributed by atoms with van der Waals surface area (Å²) >= 11 is 0. The van der Waals surface area contributed by atoms with Crippen molar-refractivity contribution < 1.29 is 19.4 Å². The molecule has 1 unspecified atom stereocenters. The zero-order chi connectivity index (χ0) is 32.2. The van der Waals surface area contributed by atoms with Gasteiger partial charge < -0.3 is 9.84 Å². The topological polar surface area (TPSA) is 63.6 Å². The van der Waals surface area contributed by atoms with Crippen molar-refractivity contribution in [3.63, 3.8) is 0 Å². The third kappa shape index (κ3) is 34.9. The summed E-state index contributed by atoms with van der Waals surface area (Å²) in [6.07, 6.45) is 44.9. The molecule has 0 aliphatic rings. The highest BCUT2D eigenvalue weighted by Crippen LogP contribution is 2.18. The summed E-state index contributed by atoms with van der Waals surface area (Å²) in [4.78, 5) is 23.2. The number of hydrogen-bond acceptors (Lipinski definition) is 3. The van der Waals surface area contributed by atoms with Gasteiger partial charge in [0, 0.05) is 12.8 Å². The summed E-state index contributed by atoms with van der Waals surface area (Å²) in [5, 5.41) is 8.80. The zero-order valence-corrected chi connectivity index (χ0v) is 29.5. The number of unbranched alkanes of at least 4 members (excludes halogenated alkanes) is 22. The fourth-order valence-corrected chi connectivity index (χ4v) is 5.80. The number of aliphatic carboxylic acids is 1. The molecule has 4 nitrogen and oxygen atoms in total. The van der Waals surface area contributed by atoms with Crippen molar-refractivity contribution in [3.05, 3.63) is 24.3 Å². The van der Waals surface area contributed by atoms with Crippen molar-refractivity contribution in [2.45, 2.75) is 219 Å². The summed E-state index contributed by atoms with van der Waals surface area (Å²) < 4.78 is 5.93. The first-order valence-electron chi connectivity index (χ1n) is 19.3. The molecule has 0 aliphatic heterocycles. The number of rotatable bonds is 35. The van der Waals surface area contributed by atoms with Gasteiger partial charge in [-0.05, 0) is 70.6 Å². The van der Waals surface area contributed by atoms with Crippen molar-refractivity contribution in [1.82, 2.24) is 0 Å². The molecule has 44 heavy (non-hydrogen) atoms. The third-order valence-corrected chi connectivity index (χ3v) is 8.68. The van der Waals surface area contributed by atoms with Gasteiger partial charge >= 0.3 is 11.9 Å². The molecule has 0 rings (SSSR count). The molecule has 1 N–H and O–H groups in total. The van der Waals surface area contributed by atoms with Crippen LogP contribution in [0, 0.1) is 0 Å². The van der Waals surface area contributed by atoms with Gasteiger partial charge in [-0.3, -0.25) is 9.59 Å². The first kappa shape index (κ1) is 42.4. The lowest BCUT2D eigenvalue weighted by atomic mass is 10.0. The Bertz CT molecular complexity index is 668. The molecule has 4 heteroatoms. The number of carbonyl (C=O) groups is 2. The van der Waals surface area contributed by atoms with Crippen molar-refractivity contribution in [2.75, 3.05) is 0 Å². The quantitative estimate of drug-likeness (QED) is 0.0436. The van der Waals surface area contributed by atoms with Crippen molar-refractivity contribution in [1.29, 1.82) is 0 Å². The fourth-order valence-electron chi connectivity index (χ4n) is 5.80. The van der Waals surface area contributed by atoms with Crippen LogP contribution in [0.4, 0.5) is 0 Å². The Morgan fingerprint density at radius 2 is 0.886 bits per heavy atom. The second-order valence-corrected chi connectivity index (χ2v) is 13.1. The summed E-state index contributed by atoms with van der Waals surface area (Å²) in [6, 6.07) is 0. The van der Waals surface area contributed by atoms with Gasteiger partial charge in [0.25, 0.3) is 0 Å². The van der Waals surface area contributed by atoms with E-state index in [1.54, 1.807) is 0 Å². The molecule has 0 saturated heterocycles. The Kier molecular flexibility index (Phi) is 34.6. The minimum atomic E-state index is -0.711. The fraction of sp³-hybridized carbons (Fsp3) is 0.850. The van der Waals surface area contributed by atoms with E-state index in [0.29, 0.717) is 6.42 Å². The molecule has 258 valence electrons. The van der Waals surface area contributed by atoms with E-state index in [4.69, 9.17) is 9.84 Å². The summed E-state index contributed by atoms with van der Waals surface area (Å²) in [7, 11) is 0. The van der Waals surface area contributed by atoms with Crippen molar-refractivity contribution >= 4 is 11.9 Å². The Balaban J connectivity index is 3.75. The van der Waals surface area contributed by atoms with E-state index in [2.05, 4.69) is 38.2 Å². The van der Waals surface area contributed by atoms with E-state index in [1.807, 2.05) is 0 Å². The zero-order valence-electron chi connectivity index (χ0n) is 29.5. The number of allylic oxidation sites excluding steroid dienone is 4. The van der Waals surface area contributed by atoms with Crippen LogP contribution in [-0.2, 0) is 14.3 Å². The minimum Gasteiger partial charge on any atom is -0.481 e. The largest absolute Gasteiger partial charge is 0.481 e. The van der Waals surface area contributed by atoms with Gasteiger partial charge in [-0.15, -0.1) is 0 Å². The van der Waals surface area contributed by atoms with Gasteiger partial charge in [0.15, 0.2) is 0 Å². The molecule has 0 aromatic heterocycles. The second kappa shape index (κ2) is 35.9. The van der Waals surface area contributed by atoms with Crippen LogP contribution in [0.2, 0.25) is 0 Å². The summed E-state index contributed by atoms with van der Waals surface area (Å²) in [5.74, 6) is -0.728. The second-order valence-electron chi connectivity index (χ2n) is 13.1. The lowest BCUT2D eigenvalue weighted by Crippen LogP contribution is -2.18. The third-order valence-electron chi connectivity index (χ3n) is 8.68. The number of carboxylic acids is 1. The average molecular weight is 619 g/mol. The molecule has 0 amide bonds. The highest BCUT2D eigenvalue weighted by Gasteiger charge is 2.14. The molecular weight excluding hydrogens is 544 g/mol. The lowest BCUT2D eigenvalue weighted by molar-refractivity contribution is -0.150. The van der Waals surface area contributed by atoms with Gasteiger partial charge in [0.1, 0.15) is 6.10 Å². The monoisotopic (exact) mass is 619 g/mol. The molecule has 0 radical (unpaired) electrons. The Hall–Kier alpha value is -1.58. The smallest absolute Gasteiger partial charge is 0.306 e. The van der Waals surface area contributed by atoms with Crippen LogP contribution in [0.5, 0.6) is 0 Å².